The Hall–Kier alpha value is -0.610. The average Bonchev–Trinajstić information content (AvgIpc) is 2.97. The van der Waals surface area contributed by atoms with Crippen LogP contribution in [0.25, 0.3) is 0 Å². The van der Waals surface area contributed by atoms with E-state index in [2.05, 4.69) is 11.8 Å². The largest absolute Gasteiger partial charge is 0.396 e. The van der Waals surface area contributed by atoms with Crippen LogP contribution in [0.15, 0.2) is 4.99 Å². The summed E-state index contributed by atoms with van der Waals surface area (Å²) in [5.74, 6) is 1.04. The molecule has 0 aromatic carbocycles. The normalized spacial score (nSPS) is 17.5. The molecule has 0 radical (unpaired) electrons. The minimum absolute atomic E-state index is 0.166. The van der Waals surface area contributed by atoms with Crippen LogP contribution in [-0.2, 0) is 0 Å². The Balaban J connectivity index is 2.04. The fourth-order valence-corrected chi connectivity index (χ4v) is 3.52. The van der Waals surface area contributed by atoms with E-state index >= 15 is 0 Å². The lowest BCUT2D eigenvalue weighted by atomic mass is 10.0. The van der Waals surface area contributed by atoms with Gasteiger partial charge in [0.2, 0.25) is 0 Å². The molecular formula is C20H40N2O2. The van der Waals surface area contributed by atoms with Crippen LogP contribution in [-0.4, -0.2) is 53.3 Å². The predicted molar refractivity (Wildman–Crippen MR) is 103 cm³/mol. The van der Waals surface area contributed by atoms with Gasteiger partial charge < -0.3 is 15.1 Å². The lowest BCUT2D eigenvalue weighted by Crippen LogP contribution is -2.31. The van der Waals surface area contributed by atoms with Crippen molar-refractivity contribution in [2.45, 2.75) is 96.4 Å². The van der Waals surface area contributed by atoms with Crippen LogP contribution >= 0.6 is 0 Å². The molecule has 1 aliphatic heterocycles. The highest BCUT2D eigenvalue weighted by Crippen LogP contribution is 2.18. The summed E-state index contributed by atoms with van der Waals surface area (Å²) in [5, 5.41) is 18.2. The molecule has 0 aliphatic carbocycles. The summed E-state index contributed by atoms with van der Waals surface area (Å²) < 4.78 is 0. The van der Waals surface area contributed by atoms with Crippen LogP contribution in [0.4, 0.5) is 0 Å². The number of hydrogen-bond acceptors (Lipinski definition) is 4. The van der Waals surface area contributed by atoms with E-state index in [1.807, 2.05) is 0 Å². The zero-order valence-electron chi connectivity index (χ0n) is 15.9. The summed E-state index contributed by atoms with van der Waals surface area (Å²) in [7, 11) is 0. The number of aliphatic hydroxyl groups is 2. The fourth-order valence-electron chi connectivity index (χ4n) is 3.52. The number of aliphatic hydroxyl groups excluding tert-OH is 2. The van der Waals surface area contributed by atoms with E-state index in [0.717, 1.165) is 25.3 Å². The van der Waals surface area contributed by atoms with Crippen molar-refractivity contribution in [3.63, 3.8) is 0 Å². The summed E-state index contributed by atoms with van der Waals surface area (Å²) in [5.41, 5.74) is 0. The highest BCUT2D eigenvalue weighted by molar-refractivity contribution is 5.84. The minimum atomic E-state index is 0.166. The molecule has 2 N–H and O–H groups in total. The molecule has 24 heavy (non-hydrogen) atoms. The van der Waals surface area contributed by atoms with Crippen LogP contribution in [0.2, 0.25) is 0 Å². The second kappa shape index (κ2) is 14.7. The van der Waals surface area contributed by atoms with Gasteiger partial charge in [-0.3, -0.25) is 4.99 Å². The topological polar surface area (TPSA) is 56.1 Å². The zero-order chi connectivity index (χ0) is 17.5. The summed E-state index contributed by atoms with van der Waals surface area (Å²) in [6, 6.07) is 0.402. The van der Waals surface area contributed by atoms with E-state index in [-0.39, 0.29) is 13.2 Å². The van der Waals surface area contributed by atoms with Gasteiger partial charge in [-0.25, -0.2) is 0 Å². The van der Waals surface area contributed by atoms with Crippen molar-refractivity contribution in [1.82, 2.24) is 4.90 Å². The van der Waals surface area contributed by atoms with Gasteiger partial charge in [-0.2, -0.15) is 0 Å². The van der Waals surface area contributed by atoms with Crippen LogP contribution in [0, 0.1) is 0 Å². The first-order chi connectivity index (χ1) is 11.8. The van der Waals surface area contributed by atoms with Crippen molar-refractivity contribution in [3.05, 3.63) is 0 Å². The first kappa shape index (κ1) is 21.4. The number of unbranched alkanes of at least 4 members (excludes halogenated alkanes) is 9. The van der Waals surface area contributed by atoms with E-state index < -0.39 is 0 Å². The summed E-state index contributed by atoms with van der Waals surface area (Å²) >= 11 is 0. The molecule has 1 atom stereocenters. The van der Waals surface area contributed by atoms with Gasteiger partial charge in [0.05, 0.1) is 12.6 Å². The number of hydrogen-bond donors (Lipinski definition) is 2. The predicted octanol–water partition coefficient (Wildman–Crippen LogP) is 4.14. The van der Waals surface area contributed by atoms with E-state index in [0.29, 0.717) is 12.5 Å². The molecule has 0 fully saturated rings. The minimum Gasteiger partial charge on any atom is -0.396 e. The Labute approximate surface area is 149 Å². The molecule has 4 nitrogen and oxygen atoms in total. The molecule has 0 saturated carbocycles. The molecule has 1 rings (SSSR count). The maximum absolute atomic E-state index is 9.16. The fraction of sp³-hybridized carbons (Fsp3) is 0.950. The van der Waals surface area contributed by atoms with Crippen molar-refractivity contribution < 1.29 is 10.2 Å². The first-order valence-electron chi connectivity index (χ1n) is 10.3. The average molecular weight is 341 g/mol. The van der Waals surface area contributed by atoms with Gasteiger partial charge in [-0.1, -0.05) is 71.1 Å². The Morgan fingerprint density at radius 1 is 0.875 bits per heavy atom. The van der Waals surface area contributed by atoms with Crippen LogP contribution in [0.5, 0.6) is 0 Å². The van der Waals surface area contributed by atoms with Crippen molar-refractivity contribution in [1.29, 1.82) is 0 Å². The third kappa shape index (κ3) is 9.63. The number of amidine groups is 1. The van der Waals surface area contributed by atoms with E-state index in [1.54, 1.807) is 0 Å². The summed E-state index contributed by atoms with van der Waals surface area (Å²) in [4.78, 5) is 7.05. The van der Waals surface area contributed by atoms with Gasteiger partial charge >= 0.3 is 0 Å². The zero-order valence-corrected chi connectivity index (χ0v) is 15.9. The SMILES string of the molecule is CCCCCCCCCCCCC1CN(CCCO)C(CCO)=N1. The molecule has 0 aromatic rings. The van der Waals surface area contributed by atoms with E-state index in [9.17, 15) is 0 Å². The number of aliphatic imine (C=N–C) groups is 1. The van der Waals surface area contributed by atoms with E-state index in [4.69, 9.17) is 15.2 Å². The maximum atomic E-state index is 9.16. The van der Waals surface area contributed by atoms with Crippen LogP contribution in [0.1, 0.15) is 90.4 Å². The molecule has 142 valence electrons. The van der Waals surface area contributed by atoms with Crippen LogP contribution < -0.4 is 0 Å². The Kier molecular flexibility index (Phi) is 13.1. The third-order valence-corrected chi connectivity index (χ3v) is 4.94. The van der Waals surface area contributed by atoms with Gasteiger partial charge in [0.15, 0.2) is 0 Å². The van der Waals surface area contributed by atoms with Gasteiger partial charge in [-0.15, -0.1) is 0 Å². The third-order valence-electron chi connectivity index (χ3n) is 4.94. The molecule has 1 heterocycles. The number of rotatable bonds is 16. The molecule has 1 unspecified atom stereocenters. The van der Waals surface area contributed by atoms with Crippen molar-refractivity contribution in [2.75, 3.05) is 26.3 Å². The maximum Gasteiger partial charge on any atom is 0.102 e. The van der Waals surface area contributed by atoms with E-state index in [1.165, 1.54) is 70.6 Å². The highest BCUT2D eigenvalue weighted by Gasteiger charge is 2.23. The summed E-state index contributed by atoms with van der Waals surface area (Å²) in [6.45, 7) is 4.51. The molecule has 4 heteroatoms. The van der Waals surface area contributed by atoms with Crippen molar-refractivity contribution in [2.24, 2.45) is 4.99 Å². The molecule has 1 aliphatic rings. The molecule has 0 amide bonds. The molecule has 0 bridgehead atoms. The second-order valence-corrected chi connectivity index (χ2v) is 7.17. The van der Waals surface area contributed by atoms with Gasteiger partial charge in [-0.05, 0) is 12.8 Å². The molecule has 0 aromatic heterocycles. The monoisotopic (exact) mass is 340 g/mol. The highest BCUT2D eigenvalue weighted by atomic mass is 16.3. The van der Waals surface area contributed by atoms with Crippen LogP contribution in [0.3, 0.4) is 0 Å². The van der Waals surface area contributed by atoms with Gasteiger partial charge in [0.1, 0.15) is 5.84 Å². The Morgan fingerprint density at radius 2 is 1.50 bits per heavy atom. The molecule has 0 saturated heterocycles. The quantitative estimate of drug-likeness (QED) is 0.415. The Bertz CT molecular complexity index is 321. The van der Waals surface area contributed by atoms with Gasteiger partial charge in [0.25, 0.3) is 0 Å². The molecule has 0 spiro atoms. The standard InChI is InChI=1S/C20H40N2O2/c1-2-3-4-5-6-7-8-9-10-11-13-19-18-22(15-12-16-23)20(21-19)14-17-24/h19,23-24H,2-18H2,1H3. The Morgan fingerprint density at radius 3 is 2.08 bits per heavy atom. The lowest BCUT2D eigenvalue weighted by molar-refractivity contribution is 0.263. The molecular weight excluding hydrogens is 300 g/mol. The number of nitrogens with zero attached hydrogens (tertiary/aromatic N) is 2. The smallest absolute Gasteiger partial charge is 0.102 e. The lowest BCUT2D eigenvalue weighted by Gasteiger charge is -2.20. The van der Waals surface area contributed by atoms with Crippen molar-refractivity contribution >= 4 is 5.84 Å². The van der Waals surface area contributed by atoms with Gasteiger partial charge in [0, 0.05) is 26.1 Å². The van der Waals surface area contributed by atoms with Crippen molar-refractivity contribution in [3.8, 4) is 0 Å². The second-order valence-electron chi connectivity index (χ2n) is 7.17. The summed E-state index contributed by atoms with van der Waals surface area (Å²) in [6.07, 6.45) is 16.3. The first-order valence-corrected chi connectivity index (χ1v) is 10.3.